The molecule has 0 bridgehead atoms. The van der Waals surface area contributed by atoms with Crippen LogP contribution in [0.25, 0.3) is 0 Å². The van der Waals surface area contributed by atoms with Gasteiger partial charge in [-0.1, -0.05) is 271 Å². The second-order valence-electron chi connectivity index (χ2n) is 24.9. The van der Waals surface area contributed by atoms with Gasteiger partial charge in [0.1, 0.15) is 19.3 Å². The number of esters is 4. The number of unbranched alkanes of at least 4 members (excludes halogenated alkanes) is 32. The van der Waals surface area contributed by atoms with Crippen molar-refractivity contribution in [3.8, 4) is 0 Å². The highest BCUT2D eigenvalue weighted by Crippen LogP contribution is 2.45. The Hall–Kier alpha value is -2.46. The summed E-state index contributed by atoms with van der Waals surface area (Å²) in [5.74, 6) is -0.674. The molecule has 0 aliphatic heterocycles. The molecule has 17 nitrogen and oxygen atoms in total. The van der Waals surface area contributed by atoms with Crippen molar-refractivity contribution < 1.29 is 80.2 Å². The first kappa shape index (κ1) is 85.5. The molecule has 0 aliphatic rings. The smallest absolute Gasteiger partial charge is 0.462 e. The summed E-state index contributed by atoms with van der Waals surface area (Å²) in [4.78, 5) is 72.4. The van der Waals surface area contributed by atoms with E-state index in [2.05, 4.69) is 65.8 Å². The van der Waals surface area contributed by atoms with Crippen LogP contribution in [0, 0.1) is 11.8 Å². The van der Waals surface area contributed by atoms with Gasteiger partial charge in [0, 0.05) is 25.7 Å². The van der Waals surface area contributed by atoms with Crippen LogP contribution in [0.2, 0.25) is 0 Å². The predicted octanol–water partition coefficient (Wildman–Crippen LogP) is 19.2. The molecule has 88 heavy (non-hydrogen) atoms. The fraction of sp³-hybridized carbons (Fsp3) is 0.884. The van der Waals surface area contributed by atoms with Crippen molar-refractivity contribution in [3.05, 3.63) is 24.3 Å². The molecule has 0 aromatic carbocycles. The molecule has 0 heterocycles. The van der Waals surface area contributed by atoms with Crippen molar-refractivity contribution >= 4 is 39.5 Å². The summed E-state index contributed by atoms with van der Waals surface area (Å²) < 4.78 is 68.1. The topological polar surface area (TPSA) is 237 Å². The normalized spacial score (nSPS) is 14.7. The Labute approximate surface area is 535 Å². The van der Waals surface area contributed by atoms with Crippen LogP contribution >= 0.6 is 15.6 Å². The number of hydrogen-bond donors (Lipinski definition) is 3. The number of hydrogen-bond acceptors (Lipinski definition) is 15. The van der Waals surface area contributed by atoms with Gasteiger partial charge in [-0.3, -0.25) is 37.3 Å². The van der Waals surface area contributed by atoms with Crippen molar-refractivity contribution in [1.82, 2.24) is 0 Å². The molecule has 3 N–H and O–H groups in total. The van der Waals surface area contributed by atoms with Crippen molar-refractivity contribution in [2.45, 2.75) is 342 Å². The monoisotopic (exact) mass is 1290 g/mol. The largest absolute Gasteiger partial charge is 0.472 e. The number of carbonyl (C=O) groups is 4. The summed E-state index contributed by atoms with van der Waals surface area (Å²) in [5, 5.41) is 10.6. The fourth-order valence-corrected chi connectivity index (χ4v) is 11.4. The maximum Gasteiger partial charge on any atom is 0.472 e. The number of rotatable bonds is 66. The van der Waals surface area contributed by atoms with Crippen LogP contribution in [-0.4, -0.2) is 96.7 Å². The van der Waals surface area contributed by atoms with Crippen LogP contribution in [0.15, 0.2) is 24.3 Å². The SMILES string of the molecule is CCCCCC/C=C\C=C/CCCCCCCC(=O)O[C@H](COC(=O)CCCCCCCCCCCCC(C)CC)COP(=O)(O)OC[C@@H](O)COP(=O)(O)OC[C@@H](COC(=O)CCCCCCCCC(C)C)OC(=O)CCCCCCCCCCCC. The first-order valence-corrected chi connectivity index (χ1v) is 38.3. The van der Waals surface area contributed by atoms with Crippen LogP contribution in [-0.2, 0) is 65.4 Å². The second-order valence-corrected chi connectivity index (χ2v) is 27.9. The molecule has 0 aliphatic carbocycles. The molecule has 0 saturated carbocycles. The Morgan fingerprint density at radius 3 is 1.02 bits per heavy atom. The molecule has 6 atom stereocenters. The molecule has 0 saturated heterocycles. The lowest BCUT2D eigenvalue weighted by molar-refractivity contribution is -0.161. The molecule has 0 aromatic rings. The minimum Gasteiger partial charge on any atom is -0.462 e. The molecule has 0 amide bonds. The van der Waals surface area contributed by atoms with Crippen LogP contribution < -0.4 is 0 Å². The van der Waals surface area contributed by atoms with E-state index in [1.165, 1.54) is 122 Å². The van der Waals surface area contributed by atoms with E-state index in [1.807, 2.05) is 0 Å². The van der Waals surface area contributed by atoms with Crippen molar-refractivity contribution in [2.24, 2.45) is 11.8 Å². The number of aliphatic hydroxyl groups is 1. The van der Waals surface area contributed by atoms with Gasteiger partial charge in [0.2, 0.25) is 0 Å². The van der Waals surface area contributed by atoms with Crippen LogP contribution in [0.1, 0.15) is 324 Å². The Morgan fingerprint density at radius 1 is 0.375 bits per heavy atom. The molecule has 0 radical (unpaired) electrons. The molecule has 19 heteroatoms. The zero-order valence-corrected chi connectivity index (χ0v) is 58.3. The van der Waals surface area contributed by atoms with Gasteiger partial charge in [-0.05, 0) is 63.2 Å². The van der Waals surface area contributed by atoms with Crippen molar-refractivity contribution in [2.75, 3.05) is 39.6 Å². The van der Waals surface area contributed by atoms with Gasteiger partial charge in [-0.15, -0.1) is 0 Å². The molecule has 0 aromatic heterocycles. The molecular formula is C69H130O17P2. The molecular weight excluding hydrogens is 1160 g/mol. The Kier molecular flexibility index (Phi) is 59.1. The summed E-state index contributed by atoms with van der Waals surface area (Å²) >= 11 is 0. The number of phosphoric acid groups is 2. The van der Waals surface area contributed by atoms with E-state index < -0.39 is 97.5 Å². The lowest BCUT2D eigenvalue weighted by atomic mass is 9.99. The first-order valence-electron chi connectivity index (χ1n) is 35.3. The zero-order chi connectivity index (χ0) is 65.0. The van der Waals surface area contributed by atoms with Gasteiger partial charge >= 0.3 is 39.5 Å². The van der Waals surface area contributed by atoms with E-state index in [9.17, 15) is 43.2 Å². The maximum absolute atomic E-state index is 13.0. The molecule has 0 spiro atoms. The number of phosphoric ester groups is 2. The van der Waals surface area contributed by atoms with E-state index >= 15 is 0 Å². The number of aliphatic hydroxyl groups excluding tert-OH is 1. The number of allylic oxidation sites excluding steroid dienone is 4. The molecule has 518 valence electrons. The maximum atomic E-state index is 13.0. The van der Waals surface area contributed by atoms with Gasteiger partial charge in [0.15, 0.2) is 12.2 Å². The fourth-order valence-electron chi connectivity index (χ4n) is 9.84. The Morgan fingerprint density at radius 2 is 0.670 bits per heavy atom. The van der Waals surface area contributed by atoms with E-state index in [0.717, 1.165) is 115 Å². The van der Waals surface area contributed by atoms with Crippen molar-refractivity contribution in [3.63, 3.8) is 0 Å². The van der Waals surface area contributed by atoms with Gasteiger partial charge in [-0.25, -0.2) is 9.13 Å². The Bertz CT molecular complexity index is 1810. The Balaban J connectivity index is 5.28. The third-order valence-electron chi connectivity index (χ3n) is 15.7. The summed E-state index contributed by atoms with van der Waals surface area (Å²) in [6.45, 7) is 9.40. The molecule has 0 fully saturated rings. The summed E-state index contributed by atoms with van der Waals surface area (Å²) in [7, 11) is -9.91. The van der Waals surface area contributed by atoms with Crippen molar-refractivity contribution in [1.29, 1.82) is 0 Å². The van der Waals surface area contributed by atoms with Crippen LogP contribution in [0.4, 0.5) is 0 Å². The summed E-state index contributed by atoms with van der Waals surface area (Å²) in [6.07, 6.45) is 48.0. The molecule has 0 rings (SSSR count). The van der Waals surface area contributed by atoms with E-state index in [4.69, 9.17) is 37.0 Å². The quantitative estimate of drug-likeness (QED) is 0.0169. The summed E-state index contributed by atoms with van der Waals surface area (Å²) in [6, 6.07) is 0. The van der Waals surface area contributed by atoms with E-state index in [0.29, 0.717) is 31.6 Å². The highest BCUT2D eigenvalue weighted by Gasteiger charge is 2.30. The third kappa shape index (κ3) is 61.1. The number of carbonyl (C=O) groups excluding carboxylic acids is 4. The van der Waals surface area contributed by atoms with Gasteiger partial charge in [0.25, 0.3) is 0 Å². The minimum atomic E-state index is -4.96. The average molecular weight is 1290 g/mol. The lowest BCUT2D eigenvalue weighted by Crippen LogP contribution is -2.30. The third-order valence-corrected chi connectivity index (χ3v) is 17.6. The second kappa shape index (κ2) is 60.8. The lowest BCUT2D eigenvalue weighted by Gasteiger charge is -2.21. The zero-order valence-electron chi connectivity index (χ0n) is 56.5. The van der Waals surface area contributed by atoms with Gasteiger partial charge in [-0.2, -0.15) is 0 Å². The summed E-state index contributed by atoms with van der Waals surface area (Å²) in [5.41, 5.74) is 0. The van der Waals surface area contributed by atoms with E-state index in [1.54, 1.807) is 0 Å². The molecule has 3 unspecified atom stereocenters. The van der Waals surface area contributed by atoms with Crippen LogP contribution in [0.3, 0.4) is 0 Å². The number of ether oxygens (including phenoxy) is 4. The van der Waals surface area contributed by atoms with Gasteiger partial charge < -0.3 is 33.8 Å². The van der Waals surface area contributed by atoms with E-state index in [-0.39, 0.29) is 25.7 Å². The van der Waals surface area contributed by atoms with Crippen LogP contribution in [0.5, 0.6) is 0 Å². The first-order chi connectivity index (χ1) is 42.4. The predicted molar refractivity (Wildman–Crippen MR) is 354 cm³/mol. The minimum absolute atomic E-state index is 0.0846. The highest BCUT2D eigenvalue weighted by molar-refractivity contribution is 7.47. The highest BCUT2D eigenvalue weighted by atomic mass is 31.2. The van der Waals surface area contributed by atoms with Gasteiger partial charge in [0.05, 0.1) is 26.4 Å². The standard InChI is InChI=1S/C69H130O17P2/c1-7-10-12-14-16-18-20-21-22-23-24-30-34-42-48-54-69(74)85-64(57-79-66(71)51-45-39-32-29-26-25-27-31-38-44-50-62(6)9-3)59-83-87(75,76)81-55-63(70)56-82-88(77,78)84-60-65(58-80-67(72)52-46-40-36-35-37-43-49-61(4)5)86-68(73)53-47-41-33-28-19-17-15-13-11-8-2/h18,20-22,61-65,70H,7-17,19,23-60H2,1-6H3,(H,75,76)(H,77,78)/b20-18-,22-21-/t62?,63-,64-,65-/m1/s1. The average Bonchev–Trinajstić information content (AvgIpc) is 3.60.